The molecule has 0 spiro atoms. The normalized spacial score (nSPS) is 9.53. The van der Waals surface area contributed by atoms with Crippen molar-refractivity contribution in [3.63, 3.8) is 0 Å². The van der Waals surface area contributed by atoms with Gasteiger partial charge in [-0.25, -0.2) is 0 Å². The number of hydrogen-bond donors (Lipinski definition) is 2. The van der Waals surface area contributed by atoms with Gasteiger partial charge in [-0.2, -0.15) is 12.6 Å². The Morgan fingerprint density at radius 1 is 1.16 bits per heavy atom. The molecule has 0 bridgehead atoms. The van der Waals surface area contributed by atoms with Gasteiger partial charge >= 0.3 is 0 Å². The smallest absolute Gasteiger partial charge is 0.162 e. The van der Waals surface area contributed by atoms with Crippen molar-refractivity contribution in [2.75, 3.05) is 27.5 Å². The standard InChI is InChI=1S/C13H15NO2S.CH4S/c1-8(14-2)12-6-9-5-10(15-3)11(16-4)7-13(9)17-12;1-2/h5-7,14H,1H2,2-4H3;2H,1H3. The third kappa shape index (κ3) is 3.36. The molecule has 0 amide bonds. The second-order valence-corrected chi connectivity index (χ2v) is 4.67. The van der Waals surface area contributed by atoms with Crippen molar-refractivity contribution < 1.29 is 9.47 Å². The maximum absolute atomic E-state index is 5.28. The molecule has 2 aromatic rings. The van der Waals surface area contributed by atoms with Crippen LogP contribution in [0.2, 0.25) is 0 Å². The Morgan fingerprint density at radius 2 is 1.74 bits per heavy atom. The summed E-state index contributed by atoms with van der Waals surface area (Å²) in [6.07, 6.45) is 1.69. The molecule has 1 aromatic heterocycles. The van der Waals surface area contributed by atoms with Gasteiger partial charge in [-0.15, -0.1) is 11.3 Å². The Labute approximate surface area is 123 Å². The summed E-state index contributed by atoms with van der Waals surface area (Å²) in [5.74, 6) is 1.50. The number of nitrogens with one attached hydrogen (secondary N) is 1. The maximum Gasteiger partial charge on any atom is 0.162 e. The van der Waals surface area contributed by atoms with Gasteiger partial charge < -0.3 is 14.8 Å². The minimum absolute atomic E-state index is 0.749. The largest absolute Gasteiger partial charge is 0.493 e. The Morgan fingerprint density at radius 3 is 2.26 bits per heavy atom. The van der Waals surface area contributed by atoms with Crippen LogP contribution in [0.5, 0.6) is 11.5 Å². The van der Waals surface area contributed by atoms with Crippen LogP contribution in [0.3, 0.4) is 0 Å². The molecule has 0 saturated heterocycles. The van der Waals surface area contributed by atoms with E-state index in [1.54, 1.807) is 31.8 Å². The number of hydrogen-bond acceptors (Lipinski definition) is 5. The van der Waals surface area contributed by atoms with E-state index in [1.807, 2.05) is 19.2 Å². The SMILES string of the molecule is C=C(NC)c1cc2cc(OC)c(OC)cc2s1.CS. The van der Waals surface area contributed by atoms with Crippen molar-refractivity contribution in [1.82, 2.24) is 5.32 Å². The number of ether oxygens (including phenoxy) is 2. The first-order chi connectivity index (χ1) is 9.19. The van der Waals surface area contributed by atoms with Crippen LogP contribution < -0.4 is 14.8 Å². The number of fused-ring (bicyclic) bond motifs is 1. The van der Waals surface area contributed by atoms with Crippen molar-refractivity contribution in [1.29, 1.82) is 0 Å². The average molecular weight is 297 g/mol. The third-order valence-corrected chi connectivity index (χ3v) is 3.78. The van der Waals surface area contributed by atoms with Crippen LogP contribution >= 0.6 is 24.0 Å². The predicted octanol–water partition coefficient (Wildman–Crippen LogP) is 3.65. The molecule has 0 saturated carbocycles. The highest BCUT2D eigenvalue weighted by molar-refractivity contribution is 7.79. The van der Waals surface area contributed by atoms with Gasteiger partial charge in [-0.3, -0.25) is 0 Å². The number of rotatable bonds is 4. The summed E-state index contributed by atoms with van der Waals surface area (Å²) in [6, 6.07) is 6.07. The Balaban J connectivity index is 0.000000861. The summed E-state index contributed by atoms with van der Waals surface area (Å²) in [6.45, 7) is 3.96. The van der Waals surface area contributed by atoms with Crippen LogP contribution in [0.15, 0.2) is 24.8 Å². The van der Waals surface area contributed by atoms with E-state index in [2.05, 4.69) is 30.6 Å². The van der Waals surface area contributed by atoms with Crippen LogP contribution in [0.4, 0.5) is 0 Å². The van der Waals surface area contributed by atoms with Crippen molar-refractivity contribution in [2.45, 2.75) is 0 Å². The van der Waals surface area contributed by atoms with Gasteiger partial charge in [0.05, 0.1) is 19.1 Å². The van der Waals surface area contributed by atoms with E-state index in [1.165, 1.54) is 0 Å². The molecule has 5 heteroatoms. The molecular weight excluding hydrogens is 278 g/mol. The van der Waals surface area contributed by atoms with Gasteiger partial charge in [0.15, 0.2) is 11.5 Å². The molecular formula is C14H19NO2S2. The van der Waals surface area contributed by atoms with E-state index >= 15 is 0 Å². The summed E-state index contributed by atoms with van der Waals surface area (Å²) < 4.78 is 11.7. The van der Waals surface area contributed by atoms with E-state index in [0.29, 0.717) is 0 Å². The Kier molecular flexibility index (Phi) is 6.05. The second kappa shape index (κ2) is 7.31. The highest BCUT2D eigenvalue weighted by Crippen LogP contribution is 2.37. The minimum Gasteiger partial charge on any atom is -0.493 e. The zero-order valence-electron chi connectivity index (χ0n) is 11.6. The summed E-state index contributed by atoms with van der Waals surface area (Å²) >= 11 is 5.21. The third-order valence-electron chi connectivity index (χ3n) is 2.62. The van der Waals surface area contributed by atoms with Crippen LogP contribution in [-0.2, 0) is 0 Å². The zero-order valence-corrected chi connectivity index (χ0v) is 13.3. The van der Waals surface area contributed by atoms with Crippen molar-refractivity contribution in [3.8, 4) is 11.5 Å². The Hall–Kier alpha value is -1.33. The summed E-state index contributed by atoms with van der Waals surface area (Å²) in [7, 11) is 5.15. The van der Waals surface area contributed by atoms with Gasteiger partial charge in [0.1, 0.15) is 0 Å². The maximum atomic E-state index is 5.28. The molecule has 104 valence electrons. The summed E-state index contributed by atoms with van der Waals surface area (Å²) in [5, 5.41) is 4.19. The monoisotopic (exact) mass is 297 g/mol. The lowest BCUT2D eigenvalue weighted by atomic mass is 10.2. The molecule has 1 heterocycles. The molecule has 3 nitrogen and oxygen atoms in total. The predicted molar refractivity (Wildman–Crippen MR) is 87.9 cm³/mol. The molecule has 0 radical (unpaired) electrons. The van der Waals surface area contributed by atoms with Crippen LogP contribution in [0.1, 0.15) is 4.88 Å². The first kappa shape index (κ1) is 15.7. The van der Waals surface area contributed by atoms with Gasteiger partial charge in [-0.05, 0) is 23.8 Å². The van der Waals surface area contributed by atoms with E-state index < -0.39 is 0 Å². The quantitative estimate of drug-likeness (QED) is 0.844. The number of methoxy groups -OCH3 is 2. The lowest BCUT2D eigenvalue weighted by Gasteiger charge is -2.06. The molecule has 0 fully saturated rings. The van der Waals surface area contributed by atoms with E-state index in [4.69, 9.17) is 9.47 Å². The van der Waals surface area contributed by atoms with E-state index in [0.717, 1.165) is 32.2 Å². The summed E-state index contributed by atoms with van der Waals surface area (Å²) in [4.78, 5) is 1.12. The lowest BCUT2D eigenvalue weighted by molar-refractivity contribution is 0.356. The van der Waals surface area contributed by atoms with Gasteiger partial charge in [0, 0.05) is 23.5 Å². The Bertz CT molecular complexity index is 523. The number of thiophene rings is 1. The number of thiol groups is 1. The topological polar surface area (TPSA) is 30.5 Å². The van der Waals surface area contributed by atoms with Crippen molar-refractivity contribution in [3.05, 3.63) is 29.7 Å². The molecule has 0 unspecified atom stereocenters. The molecule has 1 aromatic carbocycles. The van der Waals surface area contributed by atoms with Crippen molar-refractivity contribution in [2.24, 2.45) is 0 Å². The fourth-order valence-corrected chi connectivity index (χ4v) is 2.69. The highest BCUT2D eigenvalue weighted by Gasteiger charge is 2.10. The van der Waals surface area contributed by atoms with Crippen molar-refractivity contribution >= 4 is 39.7 Å². The fourth-order valence-electron chi connectivity index (χ4n) is 1.64. The van der Waals surface area contributed by atoms with Gasteiger partial charge in [-0.1, -0.05) is 6.58 Å². The van der Waals surface area contributed by atoms with Gasteiger partial charge in [0.25, 0.3) is 0 Å². The van der Waals surface area contributed by atoms with Crippen LogP contribution in [0, 0.1) is 0 Å². The summed E-state index contributed by atoms with van der Waals surface area (Å²) in [5.41, 5.74) is 0.920. The van der Waals surface area contributed by atoms with Crippen LogP contribution in [-0.4, -0.2) is 27.5 Å². The first-order valence-corrected chi connectivity index (χ1v) is 7.38. The fraction of sp³-hybridized carbons (Fsp3) is 0.286. The molecule has 0 atom stereocenters. The molecule has 0 aliphatic rings. The molecule has 0 aliphatic carbocycles. The lowest BCUT2D eigenvalue weighted by Crippen LogP contribution is -2.00. The highest BCUT2D eigenvalue weighted by atomic mass is 32.1. The average Bonchev–Trinajstić information content (AvgIpc) is 2.89. The second-order valence-electron chi connectivity index (χ2n) is 3.58. The molecule has 1 N–H and O–H groups in total. The molecule has 19 heavy (non-hydrogen) atoms. The first-order valence-electron chi connectivity index (χ1n) is 5.67. The van der Waals surface area contributed by atoms with Crippen LogP contribution in [0.25, 0.3) is 15.8 Å². The number of benzene rings is 1. The zero-order chi connectivity index (χ0) is 14.4. The van der Waals surface area contributed by atoms with E-state index in [9.17, 15) is 0 Å². The van der Waals surface area contributed by atoms with Gasteiger partial charge in [0.2, 0.25) is 0 Å². The van der Waals surface area contributed by atoms with E-state index in [-0.39, 0.29) is 0 Å². The minimum atomic E-state index is 0.749. The molecule has 0 aliphatic heterocycles. The molecule has 2 rings (SSSR count).